The molecule has 0 aliphatic carbocycles. The van der Waals surface area contributed by atoms with Crippen molar-refractivity contribution < 1.29 is 18.7 Å². The van der Waals surface area contributed by atoms with Crippen LogP contribution >= 0.6 is 23.2 Å². The van der Waals surface area contributed by atoms with Crippen LogP contribution in [0.1, 0.15) is 18.1 Å². The van der Waals surface area contributed by atoms with Crippen molar-refractivity contribution in [1.29, 1.82) is 0 Å². The lowest BCUT2D eigenvalue weighted by Crippen LogP contribution is -2.51. The summed E-state index contributed by atoms with van der Waals surface area (Å²) >= 11 is 12.4. The van der Waals surface area contributed by atoms with Gasteiger partial charge in [0.05, 0.1) is 0 Å². The van der Waals surface area contributed by atoms with Crippen LogP contribution in [0.2, 0.25) is 10.0 Å². The Kier molecular flexibility index (Phi) is 9.31. The lowest BCUT2D eigenvalue weighted by molar-refractivity contribution is -0.142. The second-order valence-electron chi connectivity index (χ2n) is 7.58. The molecular weight excluding hydrogens is 478 g/mol. The predicted octanol–water partition coefficient (Wildman–Crippen LogP) is 5.29. The van der Waals surface area contributed by atoms with Crippen LogP contribution < -0.4 is 10.1 Å². The van der Waals surface area contributed by atoms with Crippen molar-refractivity contribution in [3.63, 3.8) is 0 Å². The molecule has 0 heterocycles. The normalized spacial score (nSPS) is 11.5. The quantitative estimate of drug-likeness (QED) is 0.409. The van der Waals surface area contributed by atoms with Crippen LogP contribution in [-0.4, -0.2) is 35.9 Å². The van der Waals surface area contributed by atoms with Gasteiger partial charge in [-0.05, 0) is 42.3 Å². The Bertz CT molecular complexity index is 1130. The highest BCUT2D eigenvalue weighted by atomic mass is 35.5. The number of halogens is 3. The van der Waals surface area contributed by atoms with E-state index in [1.807, 2.05) is 30.3 Å². The number of carbonyl (C=O) groups is 2. The third-order valence-electron chi connectivity index (χ3n) is 5.17. The lowest BCUT2D eigenvalue weighted by atomic mass is 10.0. The summed E-state index contributed by atoms with van der Waals surface area (Å²) < 4.78 is 19.5. The Labute approximate surface area is 208 Å². The van der Waals surface area contributed by atoms with E-state index in [0.29, 0.717) is 22.2 Å². The third-order valence-corrected chi connectivity index (χ3v) is 5.75. The average molecular weight is 503 g/mol. The minimum atomic E-state index is -0.842. The number of nitrogens with one attached hydrogen (secondary N) is 1. The molecule has 0 aliphatic heterocycles. The van der Waals surface area contributed by atoms with Gasteiger partial charge in [-0.1, -0.05) is 71.7 Å². The van der Waals surface area contributed by atoms with Crippen LogP contribution in [0, 0.1) is 5.82 Å². The molecule has 34 heavy (non-hydrogen) atoms. The standard InChI is InChI=1S/C26H25Cl2FN2O3/c1-2-30-26(33)23(14-18-8-4-3-5-9-18)31(16-19-12-13-20(27)15-21(19)28)25(32)17-34-24-11-7-6-10-22(24)29/h3-13,15,23H,2,14,16-17H2,1H3,(H,30,33). The average Bonchev–Trinajstić information content (AvgIpc) is 2.82. The number of hydrogen-bond donors (Lipinski definition) is 1. The van der Waals surface area contributed by atoms with Crippen molar-refractivity contribution in [1.82, 2.24) is 10.2 Å². The molecule has 0 radical (unpaired) electrons. The zero-order valence-electron chi connectivity index (χ0n) is 18.6. The molecule has 0 saturated heterocycles. The van der Waals surface area contributed by atoms with Crippen molar-refractivity contribution in [2.45, 2.75) is 25.9 Å². The maximum atomic E-state index is 14.0. The fraction of sp³-hybridized carbons (Fsp3) is 0.231. The van der Waals surface area contributed by atoms with Crippen LogP contribution in [0.3, 0.4) is 0 Å². The summed E-state index contributed by atoms with van der Waals surface area (Å²) in [5.41, 5.74) is 1.50. The van der Waals surface area contributed by atoms with E-state index in [9.17, 15) is 14.0 Å². The smallest absolute Gasteiger partial charge is 0.261 e. The van der Waals surface area contributed by atoms with Gasteiger partial charge in [-0.15, -0.1) is 0 Å². The highest BCUT2D eigenvalue weighted by Gasteiger charge is 2.31. The summed E-state index contributed by atoms with van der Waals surface area (Å²) in [4.78, 5) is 27.9. The molecule has 0 bridgehead atoms. The Balaban J connectivity index is 1.93. The number of amides is 2. The first-order valence-electron chi connectivity index (χ1n) is 10.8. The molecule has 2 amide bonds. The van der Waals surface area contributed by atoms with Gasteiger partial charge in [0, 0.05) is 29.6 Å². The number of carbonyl (C=O) groups excluding carboxylic acids is 2. The molecule has 1 unspecified atom stereocenters. The maximum absolute atomic E-state index is 14.0. The van der Waals surface area contributed by atoms with Gasteiger partial charge in [-0.3, -0.25) is 9.59 Å². The van der Waals surface area contributed by atoms with E-state index in [0.717, 1.165) is 5.56 Å². The Morgan fingerprint density at radius 3 is 2.41 bits per heavy atom. The first-order valence-corrected chi connectivity index (χ1v) is 11.6. The number of para-hydroxylation sites is 1. The first kappa shape index (κ1) is 25.5. The second kappa shape index (κ2) is 12.4. The lowest BCUT2D eigenvalue weighted by Gasteiger charge is -2.31. The summed E-state index contributed by atoms with van der Waals surface area (Å²) in [6, 6.07) is 19.3. The molecule has 0 spiro atoms. The SMILES string of the molecule is CCNC(=O)C(Cc1ccccc1)N(Cc1ccc(Cl)cc1Cl)C(=O)COc1ccccc1F. The first-order chi connectivity index (χ1) is 16.4. The van der Waals surface area contributed by atoms with Gasteiger partial charge < -0.3 is 15.0 Å². The van der Waals surface area contributed by atoms with Crippen molar-refractivity contribution in [2.24, 2.45) is 0 Å². The van der Waals surface area contributed by atoms with Gasteiger partial charge in [0.15, 0.2) is 18.2 Å². The van der Waals surface area contributed by atoms with E-state index in [1.54, 1.807) is 31.2 Å². The molecule has 1 atom stereocenters. The van der Waals surface area contributed by atoms with Gasteiger partial charge in [0.2, 0.25) is 5.91 Å². The second-order valence-corrected chi connectivity index (χ2v) is 8.42. The minimum Gasteiger partial charge on any atom is -0.481 e. The van der Waals surface area contributed by atoms with E-state index in [2.05, 4.69) is 5.32 Å². The molecule has 0 saturated carbocycles. The number of rotatable bonds is 10. The molecule has 178 valence electrons. The molecule has 0 aliphatic rings. The van der Waals surface area contributed by atoms with E-state index < -0.39 is 24.4 Å². The van der Waals surface area contributed by atoms with Crippen molar-refractivity contribution in [2.75, 3.05) is 13.2 Å². The molecular formula is C26H25Cl2FN2O3. The monoisotopic (exact) mass is 502 g/mol. The predicted molar refractivity (Wildman–Crippen MR) is 132 cm³/mol. The molecule has 3 rings (SSSR count). The third kappa shape index (κ3) is 6.95. The largest absolute Gasteiger partial charge is 0.481 e. The molecule has 3 aromatic rings. The highest BCUT2D eigenvalue weighted by molar-refractivity contribution is 6.35. The number of hydrogen-bond acceptors (Lipinski definition) is 3. The zero-order chi connectivity index (χ0) is 24.5. The van der Waals surface area contributed by atoms with Gasteiger partial charge in [-0.2, -0.15) is 0 Å². The molecule has 0 aromatic heterocycles. The summed E-state index contributed by atoms with van der Waals surface area (Å²) in [7, 11) is 0. The summed E-state index contributed by atoms with van der Waals surface area (Å²) in [6.45, 7) is 1.81. The van der Waals surface area contributed by atoms with Crippen molar-refractivity contribution in [3.05, 3.63) is 99.8 Å². The molecule has 8 heteroatoms. The van der Waals surface area contributed by atoms with Crippen molar-refractivity contribution in [3.8, 4) is 5.75 Å². The van der Waals surface area contributed by atoms with E-state index >= 15 is 0 Å². The molecule has 5 nitrogen and oxygen atoms in total. The fourth-order valence-electron chi connectivity index (χ4n) is 3.46. The zero-order valence-corrected chi connectivity index (χ0v) is 20.2. The van der Waals surface area contributed by atoms with Gasteiger partial charge in [0.25, 0.3) is 5.91 Å². The minimum absolute atomic E-state index is 0.0436. The van der Waals surface area contributed by atoms with Gasteiger partial charge in [-0.25, -0.2) is 4.39 Å². The molecule has 3 aromatic carbocycles. The van der Waals surface area contributed by atoms with E-state index in [-0.39, 0.29) is 24.6 Å². The fourth-order valence-corrected chi connectivity index (χ4v) is 3.93. The summed E-state index contributed by atoms with van der Waals surface area (Å²) in [6.07, 6.45) is 0.281. The highest BCUT2D eigenvalue weighted by Crippen LogP contribution is 2.24. The Hall–Kier alpha value is -3.09. The van der Waals surface area contributed by atoms with E-state index in [4.69, 9.17) is 27.9 Å². The molecule has 0 fully saturated rings. The molecule has 1 N–H and O–H groups in total. The number of likely N-dealkylation sites (N-methyl/N-ethyl adjacent to an activating group) is 1. The van der Waals surface area contributed by atoms with Crippen molar-refractivity contribution >= 4 is 35.0 Å². The van der Waals surface area contributed by atoms with Crippen LogP contribution in [0.25, 0.3) is 0 Å². The van der Waals surface area contributed by atoms with Crippen LogP contribution in [-0.2, 0) is 22.6 Å². The van der Waals surface area contributed by atoms with Crippen LogP contribution in [0.15, 0.2) is 72.8 Å². The number of benzene rings is 3. The summed E-state index contributed by atoms with van der Waals surface area (Å²) in [5.74, 6) is -1.41. The van der Waals surface area contributed by atoms with Gasteiger partial charge >= 0.3 is 0 Å². The Morgan fingerprint density at radius 2 is 1.74 bits per heavy atom. The topological polar surface area (TPSA) is 58.6 Å². The van der Waals surface area contributed by atoms with Gasteiger partial charge in [0.1, 0.15) is 6.04 Å². The number of ether oxygens (including phenoxy) is 1. The summed E-state index contributed by atoms with van der Waals surface area (Å²) in [5, 5.41) is 3.63. The Morgan fingerprint density at radius 1 is 1.03 bits per heavy atom. The van der Waals surface area contributed by atoms with Crippen LogP contribution in [0.5, 0.6) is 5.75 Å². The van der Waals surface area contributed by atoms with E-state index in [1.165, 1.54) is 23.1 Å². The van der Waals surface area contributed by atoms with Crippen LogP contribution in [0.4, 0.5) is 4.39 Å². The number of nitrogens with zero attached hydrogens (tertiary/aromatic N) is 1. The maximum Gasteiger partial charge on any atom is 0.261 e.